The minimum atomic E-state index is -0.706. The summed E-state index contributed by atoms with van der Waals surface area (Å²) in [5.41, 5.74) is 1.43. The van der Waals surface area contributed by atoms with Gasteiger partial charge in [-0.05, 0) is 91.7 Å². The lowest BCUT2D eigenvalue weighted by Gasteiger charge is -2.39. The highest BCUT2D eigenvalue weighted by Crippen LogP contribution is 2.44. The van der Waals surface area contributed by atoms with Crippen molar-refractivity contribution < 1.29 is 8.78 Å². The van der Waals surface area contributed by atoms with Crippen LogP contribution in [0.2, 0.25) is 0 Å². The minimum Gasteiger partial charge on any atom is -0.204 e. The number of allylic oxidation sites excluding steroid dienone is 1. The molecule has 2 saturated carbocycles. The second kappa shape index (κ2) is 8.67. The number of benzene rings is 1. The van der Waals surface area contributed by atoms with Crippen molar-refractivity contribution in [1.29, 1.82) is 0 Å². The lowest BCUT2D eigenvalue weighted by atomic mass is 9.67. The van der Waals surface area contributed by atoms with Gasteiger partial charge in [-0.3, -0.25) is 0 Å². The number of rotatable bonds is 5. The van der Waals surface area contributed by atoms with Crippen molar-refractivity contribution in [3.8, 4) is 0 Å². The van der Waals surface area contributed by atoms with E-state index in [0.29, 0.717) is 17.9 Å². The maximum absolute atomic E-state index is 14.0. The first-order valence-corrected chi connectivity index (χ1v) is 10.6. The van der Waals surface area contributed by atoms with Crippen LogP contribution in [0.1, 0.15) is 82.3 Å². The molecule has 0 amide bonds. The first-order valence-electron chi connectivity index (χ1n) is 10.6. The van der Waals surface area contributed by atoms with Gasteiger partial charge in [-0.1, -0.05) is 38.8 Å². The lowest BCUT2D eigenvalue weighted by molar-refractivity contribution is 0.138. The molecule has 0 aliphatic heterocycles. The van der Waals surface area contributed by atoms with Gasteiger partial charge >= 0.3 is 0 Å². The summed E-state index contributed by atoms with van der Waals surface area (Å²) < 4.78 is 27.9. The van der Waals surface area contributed by atoms with Crippen molar-refractivity contribution in [3.63, 3.8) is 0 Å². The van der Waals surface area contributed by atoms with Crippen LogP contribution in [0.5, 0.6) is 0 Å². The third-order valence-corrected chi connectivity index (χ3v) is 7.28. The van der Waals surface area contributed by atoms with E-state index in [0.717, 1.165) is 42.1 Å². The monoisotopic (exact) mass is 360 g/mol. The molecule has 1 unspecified atom stereocenters. The fraction of sp³-hybridized carbons (Fsp3) is 0.667. The SMILES string of the molecule is C=CCc1cc(C2CCC(C(C)C3CCC(C)CC3)CC2)cc(F)c1F. The van der Waals surface area contributed by atoms with Crippen LogP contribution in [0.15, 0.2) is 24.8 Å². The normalized spacial score (nSPS) is 30.8. The second-order valence-corrected chi connectivity index (χ2v) is 8.96. The fourth-order valence-electron chi connectivity index (χ4n) is 5.38. The average molecular weight is 361 g/mol. The molecule has 2 aliphatic carbocycles. The second-order valence-electron chi connectivity index (χ2n) is 8.96. The van der Waals surface area contributed by atoms with Crippen LogP contribution >= 0.6 is 0 Å². The highest BCUT2D eigenvalue weighted by Gasteiger charge is 2.32. The van der Waals surface area contributed by atoms with Gasteiger partial charge in [-0.2, -0.15) is 0 Å². The topological polar surface area (TPSA) is 0 Å². The summed E-state index contributed by atoms with van der Waals surface area (Å²) in [6, 6.07) is 3.30. The standard InChI is InChI=1S/C24H34F2/c1-4-5-21-14-22(15-23(25)24(21)26)20-12-10-19(11-13-20)17(3)18-8-6-16(2)7-9-18/h4,14-20H,1,5-13H2,2-3H3. The summed E-state index contributed by atoms with van der Waals surface area (Å²) in [4.78, 5) is 0. The van der Waals surface area contributed by atoms with Crippen molar-refractivity contribution in [2.24, 2.45) is 23.7 Å². The van der Waals surface area contributed by atoms with Gasteiger partial charge in [0.25, 0.3) is 0 Å². The molecule has 0 nitrogen and oxygen atoms in total. The first-order chi connectivity index (χ1) is 12.5. The molecule has 0 radical (unpaired) electrons. The summed E-state index contributed by atoms with van der Waals surface area (Å²) >= 11 is 0. The Bertz CT molecular complexity index is 605. The van der Waals surface area contributed by atoms with Crippen LogP contribution in [-0.4, -0.2) is 0 Å². The quantitative estimate of drug-likeness (QED) is 0.479. The van der Waals surface area contributed by atoms with Crippen LogP contribution in [0, 0.1) is 35.3 Å². The Morgan fingerprint density at radius 3 is 2.15 bits per heavy atom. The first kappa shape index (κ1) is 19.6. The summed E-state index contributed by atoms with van der Waals surface area (Å²) in [7, 11) is 0. The van der Waals surface area contributed by atoms with Crippen LogP contribution < -0.4 is 0 Å². The Morgan fingerprint density at radius 1 is 1.00 bits per heavy atom. The van der Waals surface area contributed by atoms with Crippen LogP contribution in [-0.2, 0) is 6.42 Å². The molecular formula is C24H34F2. The molecule has 2 fully saturated rings. The van der Waals surface area contributed by atoms with Gasteiger partial charge in [0.1, 0.15) is 0 Å². The van der Waals surface area contributed by atoms with Crippen molar-refractivity contribution in [3.05, 3.63) is 47.5 Å². The number of halogens is 2. The zero-order valence-electron chi connectivity index (χ0n) is 16.4. The zero-order chi connectivity index (χ0) is 18.7. The molecular weight excluding hydrogens is 326 g/mol. The van der Waals surface area contributed by atoms with Crippen LogP contribution in [0.3, 0.4) is 0 Å². The highest BCUT2D eigenvalue weighted by atomic mass is 19.2. The Hall–Kier alpha value is -1.18. The van der Waals surface area contributed by atoms with Crippen LogP contribution in [0.25, 0.3) is 0 Å². The number of hydrogen-bond donors (Lipinski definition) is 0. The molecule has 1 aromatic rings. The van der Waals surface area contributed by atoms with Gasteiger partial charge in [-0.25, -0.2) is 8.78 Å². The Labute approximate surface area is 158 Å². The van der Waals surface area contributed by atoms with Gasteiger partial charge < -0.3 is 0 Å². The molecule has 0 saturated heterocycles. The Balaban J connectivity index is 1.60. The van der Waals surface area contributed by atoms with Crippen molar-refractivity contribution in [2.75, 3.05) is 0 Å². The fourth-order valence-corrected chi connectivity index (χ4v) is 5.38. The van der Waals surface area contributed by atoms with E-state index >= 15 is 0 Å². The van der Waals surface area contributed by atoms with E-state index in [4.69, 9.17) is 0 Å². The van der Waals surface area contributed by atoms with E-state index in [1.165, 1.54) is 44.6 Å². The zero-order valence-corrected chi connectivity index (χ0v) is 16.4. The summed E-state index contributed by atoms with van der Waals surface area (Å²) in [6.45, 7) is 8.51. The summed E-state index contributed by atoms with van der Waals surface area (Å²) in [5.74, 6) is 2.40. The highest BCUT2D eigenvalue weighted by molar-refractivity contribution is 5.30. The minimum absolute atomic E-state index is 0.378. The maximum atomic E-state index is 14.0. The Kier molecular flexibility index (Phi) is 6.53. The molecule has 0 bridgehead atoms. The van der Waals surface area contributed by atoms with Gasteiger partial charge in [0.05, 0.1) is 0 Å². The summed E-state index contributed by atoms with van der Waals surface area (Å²) in [6.07, 6.45) is 12.3. The van der Waals surface area contributed by atoms with E-state index in [-0.39, 0.29) is 0 Å². The largest absolute Gasteiger partial charge is 0.204 e. The predicted octanol–water partition coefficient (Wildman–Crippen LogP) is 7.43. The van der Waals surface area contributed by atoms with E-state index in [1.807, 2.05) is 6.07 Å². The van der Waals surface area contributed by atoms with E-state index in [9.17, 15) is 8.78 Å². The van der Waals surface area contributed by atoms with Gasteiger partial charge in [0, 0.05) is 0 Å². The molecule has 26 heavy (non-hydrogen) atoms. The molecule has 2 aliphatic rings. The molecule has 1 atom stereocenters. The van der Waals surface area contributed by atoms with Gasteiger partial charge in [-0.15, -0.1) is 6.58 Å². The molecule has 144 valence electrons. The molecule has 2 heteroatoms. The molecule has 1 aromatic carbocycles. The van der Waals surface area contributed by atoms with Crippen molar-refractivity contribution >= 4 is 0 Å². The van der Waals surface area contributed by atoms with E-state index < -0.39 is 11.6 Å². The molecule has 0 N–H and O–H groups in total. The molecule has 0 aromatic heterocycles. The van der Waals surface area contributed by atoms with Gasteiger partial charge in [0.2, 0.25) is 0 Å². The maximum Gasteiger partial charge on any atom is 0.162 e. The van der Waals surface area contributed by atoms with Crippen molar-refractivity contribution in [1.82, 2.24) is 0 Å². The Morgan fingerprint density at radius 2 is 1.58 bits per heavy atom. The van der Waals surface area contributed by atoms with Crippen molar-refractivity contribution in [2.45, 2.75) is 77.6 Å². The molecule has 3 rings (SSSR count). The van der Waals surface area contributed by atoms with E-state index in [1.54, 1.807) is 6.08 Å². The lowest BCUT2D eigenvalue weighted by Crippen LogP contribution is -2.27. The van der Waals surface area contributed by atoms with Gasteiger partial charge in [0.15, 0.2) is 11.6 Å². The smallest absolute Gasteiger partial charge is 0.162 e. The number of hydrogen-bond acceptors (Lipinski definition) is 0. The predicted molar refractivity (Wildman–Crippen MR) is 105 cm³/mol. The summed E-state index contributed by atoms with van der Waals surface area (Å²) in [5, 5.41) is 0. The van der Waals surface area contributed by atoms with E-state index in [2.05, 4.69) is 20.4 Å². The molecule has 0 heterocycles. The van der Waals surface area contributed by atoms with Crippen LogP contribution in [0.4, 0.5) is 8.78 Å². The molecule has 0 spiro atoms. The third kappa shape index (κ3) is 4.38. The third-order valence-electron chi connectivity index (χ3n) is 7.28. The average Bonchev–Trinajstić information content (AvgIpc) is 2.65.